The zero-order valence-corrected chi connectivity index (χ0v) is 14.9. The van der Waals surface area contributed by atoms with Crippen LogP contribution in [0.4, 0.5) is 0 Å². The Balaban J connectivity index is 1.51. The fourth-order valence-corrected chi connectivity index (χ4v) is 4.11. The van der Waals surface area contributed by atoms with Crippen molar-refractivity contribution in [2.75, 3.05) is 13.1 Å². The summed E-state index contributed by atoms with van der Waals surface area (Å²) in [6.07, 6.45) is 2.49. The Kier molecular flexibility index (Phi) is 3.61. The van der Waals surface area contributed by atoms with Gasteiger partial charge in [0.2, 0.25) is 0 Å². The standard InChI is InChI=1S/C19H19N5O3/c1-11-7-16(25)13-3-2-4-14(18(13)21-11)19(26)23-6-5-17-15(9-23)24-12(10-27-17)8-20-22-24/h2-4,7-8,15,17H,5-6,9-10H2,1H3,(H,21,25)/t15-,17-/m0/s1. The van der Waals surface area contributed by atoms with Gasteiger partial charge in [-0.15, -0.1) is 5.10 Å². The van der Waals surface area contributed by atoms with Gasteiger partial charge in [-0.1, -0.05) is 11.3 Å². The number of aromatic amines is 1. The molecule has 0 bridgehead atoms. The highest BCUT2D eigenvalue weighted by Crippen LogP contribution is 2.31. The molecule has 0 radical (unpaired) electrons. The number of ether oxygens (including phenoxy) is 1. The molecule has 0 spiro atoms. The summed E-state index contributed by atoms with van der Waals surface area (Å²) in [4.78, 5) is 30.5. The van der Waals surface area contributed by atoms with Crippen LogP contribution in [-0.2, 0) is 11.3 Å². The van der Waals surface area contributed by atoms with Crippen LogP contribution >= 0.6 is 0 Å². The number of nitrogens with zero attached hydrogens (tertiary/aromatic N) is 4. The number of carbonyl (C=O) groups is 1. The molecule has 2 aliphatic rings. The SMILES string of the molecule is Cc1cc(=O)c2cccc(C(=O)N3CC[C@@H]4OCc5cnnn5[C@H]4C3)c2[nH]1. The average molecular weight is 365 g/mol. The van der Waals surface area contributed by atoms with Gasteiger partial charge >= 0.3 is 0 Å². The largest absolute Gasteiger partial charge is 0.370 e. The highest BCUT2D eigenvalue weighted by molar-refractivity contribution is 6.05. The van der Waals surface area contributed by atoms with Gasteiger partial charge in [0, 0.05) is 30.2 Å². The van der Waals surface area contributed by atoms with Gasteiger partial charge in [-0.25, -0.2) is 4.68 Å². The number of amides is 1. The van der Waals surface area contributed by atoms with Crippen LogP contribution in [0.2, 0.25) is 0 Å². The molecule has 2 aromatic heterocycles. The van der Waals surface area contributed by atoms with Crippen molar-refractivity contribution < 1.29 is 9.53 Å². The van der Waals surface area contributed by atoms with Crippen molar-refractivity contribution in [2.24, 2.45) is 0 Å². The number of piperidine rings is 1. The number of likely N-dealkylation sites (tertiary alicyclic amines) is 1. The summed E-state index contributed by atoms with van der Waals surface area (Å²) in [5, 5.41) is 8.68. The molecule has 2 aliphatic heterocycles. The summed E-state index contributed by atoms with van der Waals surface area (Å²) in [6.45, 7) is 3.44. The molecule has 5 rings (SSSR count). The summed E-state index contributed by atoms with van der Waals surface area (Å²) in [5.74, 6) is -0.0902. The van der Waals surface area contributed by atoms with Gasteiger partial charge in [-0.2, -0.15) is 0 Å². The fraction of sp³-hybridized carbons (Fsp3) is 0.368. The molecule has 1 amide bonds. The maximum absolute atomic E-state index is 13.3. The second-order valence-electron chi connectivity index (χ2n) is 7.17. The van der Waals surface area contributed by atoms with Gasteiger partial charge in [0.1, 0.15) is 0 Å². The Morgan fingerprint density at radius 2 is 2.26 bits per heavy atom. The second kappa shape index (κ2) is 6.02. The molecule has 0 saturated carbocycles. The van der Waals surface area contributed by atoms with Crippen molar-refractivity contribution in [3.05, 3.63) is 57.6 Å². The van der Waals surface area contributed by atoms with E-state index in [1.807, 2.05) is 16.5 Å². The number of carbonyl (C=O) groups excluding carboxylic acids is 1. The molecule has 2 atom stereocenters. The minimum absolute atomic E-state index is 0.0373. The van der Waals surface area contributed by atoms with Crippen molar-refractivity contribution in [1.29, 1.82) is 0 Å². The number of fused-ring (bicyclic) bond motifs is 4. The predicted octanol–water partition coefficient (Wildman–Crippen LogP) is 1.41. The molecular formula is C19H19N5O3. The number of rotatable bonds is 1. The summed E-state index contributed by atoms with van der Waals surface area (Å²) in [7, 11) is 0. The van der Waals surface area contributed by atoms with Crippen molar-refractivity contribution in [3.8, 4) is 0 Å². The lowest BCUT2D eigenvalue weighted by molar-refractivity contribution is -0.0604. The second-order valence-corrected chi connectivity index (χ2v) is 7.17. The van der Waals surface area contributed by atoms with Crippen LogP contribution in [0.15, 0.2) is 35.3 Å². The molecule has 4 heterocycles. The first-order valence-corrected chi connectivity index (χ1v) is 9.04. The number of aryl methyl sites for hydroxylation is 1. The average Bonchev–Trinajstić information content (AvgIpc) is 3.16. The van der Waals surface area contributed by atoms with Crippen molar-refractivity contribution in [3.63, 3.8) is 0 Å². The molecule has 8 nitrogen and oxygen atoms in total. The van der Waals surface area contributed by atoms with E-state index in [4.69, 9.17) is 4.74 Å². The van der Waals surface area contributed by atoms with Gasteiger partial charge in [-0.05, 0) is 25.5 Å². The number of hydrogen-bond donors (Lipinski definition) is 1. The van der Waals surface area contributed by atoms with E-state index in [1.54, 1.807) is 30.5 Å². The third-order valence-electron chi connectivity index (χ3n) is 5.45. The lowest BCUT2D eigenvalue weighted by Gasteiger charge is -2.41. The molecule has 1 aromatic carbocycles. The van der Waals surface area contributed by atoms with Crippen LogP contribution in [0, 0.1) is 6.92 Å². The molecular weight excluding hydrogens is 346 g/mol. The van der Waals surface area contributed by atoms with Gasteiger partial charge in [0.05, 0.1) is 41.7 Å². The monoisotopic (exact) mass is 365 g/mol. The minimum Gasteiger partial charge on any atom is -0.370 e. The number of pyridine rings is 1. The van der Waals surface area contributed by atoms with Crippen LogP contribution in [-0.4, -0.2) is 50.0 Å². The maximum atomic E-state index is 13.3. The zero-order valence-electron chi connectivity index (χ0n) is 14.9. The van der Waals surface area contributed by atoms with Gasteiger partial charge in [0.25, 0.3) is 5.91 Å². The normalized spacial score (nSPS) is 21.7. The van der Waals surface area contributed by atoms with Crippen LogP contribution in [0.1, 0.15) is 34.2 Å². The Labute approximate surface area is 154 Å². The molecule has 8 heteroatoms. The summed E-state index contributed by atoms with van der Waals surface area (Å²) in [6, 6.07) is 6.78. The molecule has 1 N–H and O–H groups in total. The number of para-hydroxylation sites is 1. The lowest BCUT2D eigenvalue weighted by Crippen LogP contribution is -2.50. The number of benzene rings is 1. The van der Waals surface area contributed by atoms with E-state index >= 15 is 0 Å². The van der Waals surface area contributed by atoms with E-state index in [2.05, 4.69) is 15.3 Å². The Bertz CT molecular complexity index is 1100. The molecule has 3 aromatic rings. The third-order valence-corrected chi connectivity index (χ3v) is 5.45. The first-order chi connectivity index (χ1) is 13.1. The van der Waals surface area contributed by atoms with Crippen molar-refractivity contribution in [1.82, 2.24) is 24.9 Å². The van der Waals surface area contributed by atoms with E-state index in [-0.39, 0.29) is 23.5 Å². The van der Waals surface area contributed by atoms with Crippen LogP contribution < -0.4 is 5.43 Å². The fourth-order valence-electron chi connectivity index (χ4n) is 4.11. The molecule has 27 heavy (non-hydrogen) atoms. The summed E-state index contributed by atoms with van der Waals surface area (Å²) < 4.78 is 7.79. The van der Waals surface area contributed by atoms with E-state index in [0.717, 1.165) is 17.8 Å². The first-order valence-electron chi connectivity index (χ1n) is 9.04. The predicted molar refractivity (Wildman–Crippen MR) is 97.5 cm³/mol. The van der Waals surface area contributed by atoms with E-state index in [0.29, 0.717) is 36.2 Å². The van der Waals surface area contributed by atoms with Crippen LogP contribution in [0.5, 0.6) is 0 Å². The van der Waals surface area contributed by atoms with Crippen molar-refractivity contribution in [2.45, 2.75) is 32.1 Å². The number of nitrogens with one attached hydrogen (secondary N) is 1. The van der Waals surface area contributed by atoms with Crippen LogP contribution in [0.3, 0.4) is 0 Å². The third kappa shape index (κ3) is 2.56. The zero-order chi connectivity index (χ0) is 18.5. The van der Waals surface area contributed by atoms with Gasteiger partial charge in [-0.3, -0.25) is 9.59 Å². The lowest BCUT2D eigenvalue weighted by atomic mass is 9.99. The first kappa shape index (κ1) is 16.2. The number of hydrogen-bond acceptors (Lipinski definition) is 5. The van der Waals surface area contributed by atoms with Gasteiger partial charge in [0.15, 0.2) is 5.43 Å². The molecule has 1 saturated heterocycles. The van der Waals surface area contributed by atoms with E-state index < -0.39 is 0 Å². The Morgan fingerprint density at radius 3 is 3.15 bits per heavy atom. The van der Waals surface area contributed by atoms with E-state index in [1.165, 1.54) is 0 Å². The highest BCUT2D eigenvalue weighted by Gasteiger charge is 2.38. The summed E-state index contributed by atoms with van der Waals surface area (Å²) in [5.41, 5.74) is 2.69. The van der Waals surface area contributed by atoms with Crippen molar-refractivity contribution >= 4 is 16.8 Å². The maximum Gasteiger partial charge on any atom is 0.256 e. The number of H-pyrrole nitrogens is 1. The summed E-state index contributed by atoms with van der Waals surface area (Å²) >= 11 is 0. The van der Waals surface area contributed by atoms with Crippen LogP contribution in [0.25, 0.3) is 10.9 Å². The topological polar surface area (TPSA) is 93.1 Å². The minimum atomic E-state index is -0.0902. The number of aromatic nitrogens is 4. The molecule has 1 fully saturated rings. The molecule has 138 valence electrons. The van der Waals surface area contributed by atoms with E-state index in [9.17, 15) is 9.59 Å². The Hall–Kier alpha value is -3.00. The molecule has 0 unspecified atom stereocenters. The highest BCUT2D eigenvalue weighted by atomic mass is 16.5. The van der Waals surface area contributed by atoms with Gasteiger partial charge < -0.3 is 14.6 Å². The quantitative estimate of drug-likeness (QED) is 0.704. The smallest absolute Gasteiger partial charge is 0.256 e. The Morgan fingerprint density at radius 1 is 1.37 bits per heavy atom. The molecule has 0 aliphatic carbocycles.